The molecule has 0 aliphatic heterocycles. The van der Waals surface area contributed by atoms with Crippen LogP contribution in [-0.2, 0) is 0 Å². The van der Waals surface area contributed by atoms with Crippen LogP contribution in [-0.4, -0.2) is 0 Å². The maximum Gasteiger partial charge on any atom is 0.150 e. The van der Waals surface area contributed by atoms with Crippen LogP contribution in [0.15, 0.2) is 36.4 Å². The molecule has 78 valence electrons. The second-order valence-corrected chi connectivity index (χ2v) is 4.88. The van der Waals surface area contributed by atoms with E-state index >= 15 is 0 Å². The minimum atomic E-state index is 0. The average molecular weight is 229 g/mol. The molecular weight excluding hydrogens is 212 g/mol. The Kier molecular flexibility index (Phi) is 6.60. The molecule has 0 bridgehead atoms. The SMILES string of the molecule is Cc1ccccccc(C(C)C)[sH+]1.[Cl-]. The largest absolute Gasteiger partial charge is 1.00 e. The fourth-order valence-electron chi connectivity index (χ4n) is 1.08. The zero-order valence-corrected chi connectivity index (χ0v) is 10.5. The van der Waals surface area contributed by atoms with Crippen LogP contribution in [0.5, 0.6) is 0 Å². The molecule has 2 heteroatoms. The second-order valence-electron chi connectivity index (χ2n) is 3.44. The Morgan fingerprint density at radius 2 is 1.57 bits per heavy atom. The van der Waals surface area contributed by atoms with Gasteiger partial charge in [0.2, 0.25) is 0 Å². The first-order valence-corrected chi connectivity index (χ1v) is 5.53. The Hall–Kier alpha value is -0.530. The minimum absolute atomic E-state index is 0. The summed E-state index contributed by atoms with van der Waals surface area (Å²) in [6, 6.07) is 12.7. The summed E-state index contributed by atoms with van der Waals surface area (Å²) in [5, 5.41) is 0. The molecule has 1 rings (SSSR count). The van der Waals surface area contributed by atoms with Crippen molar-refractivity contribution < 1.29 is 12.4 Å². The smallest absolute Gasteiger partial charge is 0.150 e. The Morgan fingerprint density at radius 1 is 1.00 bits per heavy atom. The highest BCUT2D eigenvalue weighted by Gasteiger charge is 2.03. The van der Waals surface area contributed by atoms with Crippen LogP contribution < -0.4 is 12.4 Å². The topological polar surface area (TPSA) is 0 Å². The molecule has 0 spiro atoms. The number of hydrogen-bond donors (Lipinski definition) is 0. The molecule has 0 aliphatic rings. The standard InChI is InChI=1S/C12H16S.ClH/c1-10(2)12-9-7-5-4-6-8-11(3)13-12;/h4-10H,1-3H3;1H. The molecule has 0 amide bonds. The van der Waals surface area contributed by atoms with E-state index in [-0.39, 0.29) is 12.4 Å². The highest BCUT2D eigenvalue weighted by molar-refractivity contribution is 7.11. The van der Waals surface area contributed by atoms with Crippen LogP contribution in [0.1, 0.15) is 29.5 Å². The van der Waals surface area contributed by atoms with Gasteiger partial charge in [-0.15, -0.1) is 0 Å². The Morgan fingerprint density at radius 3 is 2.14 bits per heavy atom. The molecule has 0 aromatic carbocycles. The first-order valence-electron chi connectivity index (χ1n) is 4.63. The summed E-state index contributed by atoms with van der Waals surface area (Å²) in [6.45, 7) is 6.66. The van der Waals surface area contributed by atoms with Crippen molar-refractivity contribution in [2.24, 2.45) is 0 Å². The van der Waals surface area contributed by atoms with E-state index in [4.69, 9.17) is 0 Å². The van der Waals surface area contributed by atoms with Gasteiger partial charge < -0.3 is 12.4 Å². The van der Waals surface area contributed by atoms with Gasteiger partial charge >= 0.3 is 0 Å². The van der Waals surface area contributed by atoms with Crippen molar-refractivity contribution in [2.75, 3.05) is 0 Å². The number of halogens is 1. The molecule has 1 aromatic heterocycles. The Bertz CT molecular complexity index is 314. The molecule has 0 saturated carbocycles. The zero-order valence-electron chi connectivity index (χ0n) is 8.87. The van der Waals surface area contributed by atoms with E-state index in [0.29, 0.717) is 5.92 Å². The van der Waals surface area contributed by atoms with Crippen molar-refractivity contribution in [3.8, 4) is 0 Å². The van der Waals surface area contributed by atoms with Gasteiger partial charge in [-0.3, -0.25) is 0 Å². The fourth-order valence-corrected chi connectivity index (χ4v) is 2.06. The van der Waals surface area contributed by atoms with E-state index < -0.39 is 0 Å². The maximum absolute atomic E-state index is 2.24. The van der Waals surface area contributed by atoms with Crippen molar-refractivity contribution in [2.45, 2.75) is 26.7 Å². The van der Waals surface area contributed by atoms with Gasteiger partial charge in [0, 0.05) is 12.8 Å². The van der Waals surface area contributed by atoms with Crippen LogP contribution in [0.25, 0.3) is 0 Å². The van der Waals surface area contributed by atoms with Crippen molar-refractivity contribution in [3.05, 3.63) is 46.2 Å². The molecule has 0 aliphatic carbocycles. The van der Waals surface area contributed by atoms with Gasteiger partial charge in [0.05, 0.1) is 0 Å². The van der Waals surface area contributed by atoms with Crippen LogP contribution in [0.4, 0.5) is 0 Å². The molecule has 0 saturated heterocycles. The molecule has 0 atom stereocenters. The van der Waals surface area contributed by atoms with E-state index in [1.54, 1.807) is 0 Å². The molecule has 1 aromatic rings. The first-order chi connectivity index (χ1) is 6.20. The van der Waals surface area contributed by atoms with E-state index in [1.165, 1.54) is 21.1 Å². The van der Waals surface area contributed by atoms with Gasteiger partial charge in [-0.25, -0.2) is 0 Å². The molecule has 0 N–H and O–H groups in total. The van der Waals surface area contributed by atoms with Crippen LogP contribution >= 0.6 is 11.3 Å². The summed E-state index contributed by atoms with van der Waals surface area (Å²) in [4.78, 5) is 2.88. The predicted octanol–water partition coefficient (Wildman–Crippen LogP) is 1.04. The summed E-state index contributed by atoms with van der Waals surface area (Å²) < 4.78 is 0. The molecule has 14 heavy (non-hydrogen) atoms. The minimum Gasteiger partial charge on any atom is -1.00 e. The summed E-state index contributed by atoms with van der Waals surface area (Å²) in [7, 11) is 0. The quantitative estimate of drug-likeness (QED) is 0.631. The highest BCUT2D eigenvalue weighted by Crippen LogP contribution is 2.18. The van der Waals surface area contributed by atoms with Crippen molar-refractivity contribution in [3.63, 3.8) is 0 Å². The van der Waals surface area contributed by atoms with Crippen LogP contribution in [0, 0.1) is 6.92 Å². The molecular formula is C12H17ClS. The monoisotopic (exact) mass is 228 g/mol. The second kappa shape index (κ2) is 6.86. The lowest BCUT2D eigenvalue weighted by molar-refractivity contribution is -0.00000281. The summed E-state index contributed by atoms with van der Waals surface area (Å²) in [6.07, 6.45) is 0. The third-order valence-electron chi connectivity index (χ3n) is 1.83. The molecule has 0 fully saturated rings. The summed E-state index contributed by atoms with van der Waals surface area (Å²) in [5.74, 6) is 0.632. The van der Waals surface area contributed by atoms with Crippen molar-refractivity contribution in [1.82, 2.24) is 0 Å². The van der Waals surface area contributed by atoms with Crippen LogP contribution in [0.2, 0.25) is 0 Å². The van der Waals surface area contributed by atoms with E-state index in [2.05, 4.69) is 57.2 Å². The van der Waals surface area contributed by atoms with Gasteiger partial charge in [0.1, 0.15) is 4.88 Å². The number of hydrogen-bond acceptors (Lipinski definition) is 0. The van der Waals surface area contributed by atoms with E-state index in [9.17, 15) is 0 Å². The van der Waals surface area contributed by atoms with Gasteiger partial charge in [-0.2, -0.15) is 0 Å². The lowest BCUT2D eigenvalue weighted by Crippen LogP contribution is -3.00. The van der Waals surface area contributed by atoms with Gasteiger partial charge in [-0.1, -0.05) is 38.1 Å². The molecule has 0 radical (unpaired) electrons. The molecule has 0 nitrogen and oxygen atoms in total. The third kappa shape index (κ3) is 4.64. The molecule has 1 heterocycles. The third-order valence-corrected chi connectivity index (χ3v) is 3.26. The summed E-state index contributed by atoms with van der Waals surface area (Å²) >= 11 is 1.36. The first kappa shape index (κ1) is 13.5. The zero-order chi connectivity index (χ0) is 9.68. The summed E-state index contributed by atoms with van der Waals surface area (Å²) in [5.41, 5.74) is 0. The maximum atomic E-state index is 2.24. The van der Waals surface area contributed by atoms with Gasteiger partial charge in [-0.05, 0) is 23.5 Å². The normalized spacial score (nSPS) is 9.14. The van der Waals surface area contributed by atoms with Gasteiger partial charge in [0.25, 0.3) is 0 Å². The van der Waals surface area contributed by atoms with E-state index in [0.717, 1.165) is 0 Å². The fraction of sp³-hybridized carbons (Fsp3) is 0.333. The van der Waals surface area contributed by atoms with E-state index in [1.807, 2.05) is 0 Å². The van der Waals surface area contributed by atoms with Crippen molar-refractivity contribution >= 4 is 11.3 Å². The van der Waals surface area contributed by atoms with Crippen molar-refractivity contribution in [1.29, 1.82) is 0 Å². The average Bonchev–Trinajstić information content (AvgIpc) is 2.16. The lowest BCUT2D eigenvalue weighted by atomic mass is 10.2. The Balaban J connectivity index is 0.00000169. The highest BCUT2D eigenvalue weighted by atomic mass is 35.5. The van der Waals surface area contributed by atoms with Gasteiger partial charge in [0.15, 0.2) is 4.88 Å². The predicted molar refractivity (Wildman–Crippen MR) is 62.2 cm³/mol. The molecule has 0 unspecified atom stereocenters. The number of aryl methyl sites for hydroxylation is 1. The van der Waals surface area contributed by atoms with Crippen LogP contribution in [0.3, 0.4) is 0 Å². The Labute approximate surface area is 96.7 Å². The lowest BCUT2D eigenvalue weighted by Gasteiger charge is -1.93. The number of rotatable bonds is 1.